The molecule has 3 rings (SSSR count). The normalized spacial score (nSPS) is 14.5. The van der Waals surface area contributed by atoms with Crippen molar-refractivity contribution >= 4 is 17.9 Å². The first-order valence-electron chi connectivity index (χ1n) is 15.8. The van der Waals surface area contributed by atoms with E-state index in [1.807, 2.05) is 18.2 Å². The summed E-state index contributed by atoms with van der Waals surface area (Å²) in [5, 5.41) is 0.400. The van der Waals surface area contributed by atoms with Crippen molar-refractivity contribution in [1.29, 1.82) is 0 Å². The molecule has 0 saturated carbocycles. The van der Waals surface area contributed by atoms with Crippen molar-refractivity contribution < 1.29 is 14.7 Å². The molecule has 0 amide bonds. The Morgan fingerprint density at radius 2 is 0.905 bits per heavy atom. The van der Waals surface area contributed by atoms with Gasteiger partial charge in [-0.2, -0.15) is 0 Å². The van der Waals surface area contributed by atoms with E-state index in [9.17, 15) is 14.7 Å². The maximum absolute atomic E-state index is 12.2. The van der Waals surface area contributed by atoms with E-state index in [1.54, 1.807) is 18.2 Å². The molecule has 0 aliphatic heterocycles. The van der Waals surface area contributed by atoms with Crippen LogP contribution in [0.2, 0.25) is 0 Å². The van der Waals surface area contributed by atoms with E-state index >= 15 is 0 Å². The van der Waals surface area contributed by atoms with E-state index in [1.165, 1.54) is 5.56 Å². The number of hydrogen-bond acceptors (Lipinski definition) is 3. The Bertz CT molecular complexity index is 1390. The van der Waals surface area contributed by atoms with E-state index in [4.69, 9.17) is 0 Å². The van der Waals surface area contributed by atoms with Crippen LogP contribution in [0.4, 0.5) is 0 Å². The SMILES string of the molecule is CCC(C)(C)c1ccc(-c2c(C(C)(C)CC)ccc(P(O)(O)(O)c3ccc(C(C)(C)CC)cc3)c2C(C)(C)CC)cc1. The summed E-state index contributed by atoms with van der Waals surface area (Å²) >= 11 is 0. The summed E-state index contributed by atoms with van der Waals surface area (Å²) in [4.78, 5) is 36.5. The third-order valence-corrected chi connectivity index (χ3v) is 13.2. The fraction of sp³-hybridized carbons (Fsp3) is 0.526. The van der Waals surface area contributed by atoms with Crippen molar-refractivity contribution in [3.05, 3.63) is 82.9 Å². The second-order valence-corrected chi connectivity index (χ2v) is 17.9. The Kier molecular flexibility index (Phi) is 9.42. The molecule has 0 saturated heterocycles. The second kappa shape index (κ2) is 11.5. The first kappa shape index (κ1) is 34.5. The Balaban J connectivity index is 2.45. The molecular formula is C38H57O3P. The predicted molar refractivity (Wildman–Crippen MR) is 184 cm³/mol. The van der Waals surface area contributed by atoms with Crippen molar-refractivity contribution in [1.82, 2.24) is 0 Å². The van der Waals surface area contributed by atoms with Crippen LogP contribution in [0.5, 0.6) is 0 Å². The molecule has 3 aromatic rings. The second-order valence-electron chi connectivity index (χ2n) is 14.9. The number of benzene rings is 3. The molecule has 0 atom stereocenters. The molecule has 3 aromatic carbocycles. The van der Waals surface area contributed by atoms with Crippen LogP contribution in [-0.4, -0.2) is 14.7 Å². The summed E-state index contributed by atoms with van der Waals surface area (Å²) in [6, 6.07) is 19.9. The van der Waals surface area contributed by atoms with Crippen LogP contribution < -0.4 is 10.6 Å². The number of rotatable bonds is 11. The quantitative estimate of drug-likeness (QED) is 0.194. The Morgan fingerprint density at radius 3 is 1.31 bits per heavy atom. The monoisotopic (exact) mass is 592 g/mol. The molecule has 3 N–H and O–H groups in total. The Hall–Kier alpha value is -2.03. The summed E-state index contributed by atoms with van der Waals surface area (Å²) in [5.74, 6) is 0. The van der Waals surface area contributed by atoms with Crippen LogP contribution >= 0.6 is 7.28 Å². The first-order valence-corrected chi connectivity index (χ1v) is 17.9. The predicted octanol–water partition coefficient (Wildman–Crippen LogP) is 9.33. The summed E-state index contributed by atoms with van der Waals surface area (Å²) in [6.45, 7) is 26.3. The average Bonchev–Trinajstić information content (AvgIpc) is 2.96. The minimum atomic E-state index is -5.53. The van der Waals surface area contributed by atoms with Crippen LogP contribution in [0.3, 0.4) is 0 Å². The molecular weight excluding hydrogens is 535 g/mol. The molecule has 0 aromatic heterocycles. The molecule has 42 heavy (non-hydrogen) atoms. The zero-order valence-electron chi connectivity index (χ0n) is 28.4. The van der Waals surface area contributed by atoms with Gasteiger partial charge >= 0.3 is 257 Å². The van der Waals surface area contributed by atoms with Crippen molar-refractivity contribution in [2.24, 2.45) is 0 Å². The van der Waals surface area contributed by atoms with Crippen molar-refractivity contribution in [2.75, 3.05) is 0 Å². The maximum atomic E-state index is 12.2. The summed E-state index contributed by atoms with van der Waals surface area (Å²) in [5.41, 5.74) is 5.77. The molecule has 232 valence electrons. The molecule has 3 nitrogen and oxygen atoms in total. The zero-order chi connectivity index (χ0) is 32.0. The third kappa shape index (κ3) is 6.27. The fourth-order valence-corrected chi connectivity index (χ4v) is 7.83. The summed E-state index contributed by atoms with van der Waals surface area (Å²) in [6.07, 6.45) is 3.67. The van der Waals surface area contributed by atoms with Crippen LogP contribution in [0.25, 0.3) is 11.1 Å². The van der Waals surface area contributed by atoms with Crippen molar-refractivity contribution in [3.63, 3.8) is 0 Å². The Labute approximate surface area is 256 Å². The standard InChI is InChI=1S/C38H57O3P/c1-13-35(5,6)28-19-17-27(18-20-28)33-31(37(9,10)15-3)25-26-32(34(33)38(11,12)16-4)42(39,40,41)30-23-21-29(22-24-30)36(7,8)14-2/h17-26,39-41H,13-16H2,1-12H3. The molecule has 4 heteroatoms. The van der Waals surface area contributed by atoms with Gasteiger partial charge in [-0.3, -0.25) is 0 Å². The van der Waals surface area contributed by atoms with Crippen LogP contribution in [0.15, 0.2) is 60.7 Å². The van der Waals surface area contributed by atoms with Gasteiger partial charge in [-0.15, -0.1) is 0 Å². The van der Waals surface area contributed by atoms with Crippen molar-refractivity contribution in [2.45, 2.75) is 130 Å². The molecule has 0 heterocycles. The van der Waals surface area contributed by atoms with E-state index in [2.05, 4.69) is 107 Å². The van der Waals surface area contributed by atoms with E-state index < -0.39 is 12.7 Å². The van der Waals surface area contributed by atoms with Crippen LogP contribution in [-0.2, 0) is 21.7 Å². The van der Waals surface area contributed by atoms with Gasteiger partial charge in [-0.1, -0.05) is 0 Å². The minimum absolute atomic E-state index is 0.0518. The van der Waals surface area contributed by atoms with Gasteiger partial charge in [0.1, 0.15) is 0 Å². The van der Waals surface area contributed by atoms with Gasteiger partial charge in [-0.25, -0.2) is 0 Å². The van der Waals surface area contributed by atoms with E-state index in [0.717, 1.165) is 53.5 Å². The molecule has 0 bridgehead atoms. The van der Waals surface area contributed by atoms with Crippen molar-refractivity contribution in [3.8, 4) is 11.1 Å². The third-order valence-electron chi connectivity index (χ3n) is 10.6. The van der Waals surface area contributed by atoms with Gasteiger partial charge in [-0.05, 0) is 0 Å². The van der Waals surface area contributed by atoms with Gasteiger partial charge < -0.3 is 0 Å². The molecule has 0 spiro atoms. The van der Waals surface area contributed by atoms with Crippen LogP contribution in [0, 0.1) is 0 Å². The molecule has 0 aliphatic rings. The first-order chi connectivity index (χ1) is 19.2. The summed E-state index contributed by atoms with van der Waals surface area (Å²) < 4.78 is 0. The molecule has 0 aliphatic carbocycles. The molecule has 0 unspecified atom stereocenters. The van der Waals surface area contributed by atoms with Gasteiger partial charge in [0.2, 0.25) is 0 Å². The summed E-state index contributed by atoms with van der Waals surface area (Å²) in [7, 11) is -5.53. The van der Waals surface area contributed by atoms with Gasteiger partial charge in [0.25, 0.3) is 0 Å². The fourth-order valence-electron chi connectivity index (χ4n) is 5.67. The topological polar surface area (TPSA) is 60.7 Å². The Morgan fingerprint density at radius 1 is 0.500 bits per heavy atom. The van der Waals surface area contributed by atoms with E-state index in [0.29, 0.717) is 0 Å². The zero-order valence-corrected chi connectivity index (χ0v) is 29.3. The molecule has 0 radical (unpaired) electrons. The molecule has 0 fully saturated rings. The number of hydrogen-bond donors (Lipinski definition) is 3. The van der Waals surface area contributed by atoms with Crippen LogP contribution in [0.1, 0.15) is 131 Å². The van der Waals surface area contributed by atoms with E-state index in [-0.39, 0.29) is 26.9 Å². The average molecular weight is 593 g/mol. The van der Waals surface area contributed by atoms with Gasteiger partial charge in [0.05, 0.1) is 0 Å². The van der Waals surface area contributed by atoms with Gasteiger partial charge in [0, 0.05) is 0 Å². The van der Waals surface area contributed by atoms with Gasteiger partial charge in [0.15, 0.2) is 0 Å².